The van der Waals surface area contributed by atoms with Crippen LogP contribution in [0.2, 0.25) is 0 Å². The Morgan fingerprint density at radius 3 is 1.30 bits per heavy atom. The van der Waals surface area contributed by atoms with E-state index in [1.54, 1.807) is 91.3 Å². The molecule has 15 atom stereocenters. The molecule has 0 saturated carbocycles. The zero-order valence-corrected chi connectivity index (χ0v) is 77.4. The molecule has 15 unspecified atom stereocenters. The number of aliphatic hydroxyl groups excluding tert-OH is 1. The summed E-state index contributed by atoms with van der Waals surface area (Å²) in [5, 5.41) is 74.5. The Kier molecular flexibility index (Phi) is 37.2. The summed E-state index contributed by atoms with van der Waals surface area (Å²) >= 11 is 0. The average Bonchev–Trinajstić information content (AvgIpc) is 1.76. The number of phenols is 2. The zero-order valence-electron chi connectivity index (χ0n) is 77.4. The van der Waals surface area contributed by atoms with E-state index in [0.717, 1.165) is 9.80 Å². The number of aromatic hydroxyl groups is 2. The Morgan fingerprint density at radius 2 is 0.803 bits per heavy atom. The van der Waals surface area contributed by atoms with Crippen molar-refractivity contribution in [2.24, 2.45) is 23.3 Å². The predicted molar refractivity (Wildman–Crippen MR) is 498 cm³/mol. The number of nitrogens with zero attached hydrogens (tertiary/aromatic N) is 3. The number of carboxylic acids is 1. The van der Waals surface area contributed by atoms with E-state index in [1.807, 2.05) is 27.7 Å². The number of likely N-dealkylation sites (tertiary alicyclic amines) is 3. The van der Waals surface area contributed by atoms with Crippen LogP contribution in [0.1, 0.15) is 147 Å². The predicted octanol–water partition coefficient (Wildman–Crippen LogP) is -0.266. The number of aliphatic hydroxyl groups is 1. The summed E-state index contributed by atoms with van der Waals surface area (Å²) in [5.74, 6) is -16.4. The van der Waals surface area contributed by atoms with Gasteiger partial charge in [0.2, 0.25) is 100 Å². The molecule has 3 saturated heterocycles. The fourth-order valence-electron chi connectivity index (χ4n) is 17.0. The fourth-order valence-corrected chi connectivity index (χ4v) is 17.0. The van der Waals surface area contributed by atoms with Crippen molar-refractivity contribution in [2.45, 2.75) is 242 Å². The number of nitrogens with one attached hydrogen (secondary N) is 14. The molecule has 5 heterocycles. The number of H-pyrrole nitrogens is 2. The highest BCUT2D eigenvalue weighted by molar-refractivity contribution is 6.02. The normalized spacial score (nSPS) is 17.2. The van der Waals surface area contributed by atoms with Gasteiger partial charge in [0, 0.05) is 106 Å². The molecule has 0 radical (unpaired) electrons. The molecule has 10 rings (SSSR count). The number of amides is 17. The second kappa shape index (κ2) is 48.9. The third-order valence-corrected chi connectivity index (χ3v) is 24.2. The molecule has 41 heteroatoms. The SMILES string of the molecule is CC(=O)NC(Cc1ccccc1)C(=O)NC(CCC(=O)O)C(=O)NC(Cc1c[nH]c2ccccc12)C(=O)NC(C(=O)N1CCCC1C(=O)NCC(=O)NC(Cc1c[nH]c2ccccc12)C(=O)NC(Cc1ccc(O)cc1)C(=O)NC(CCC(N)=O)C(=O)N1CCC1C(=O)NC(Cc1ccc(O)cc1)C(=O)NC(C)C(=O)NC(CC(C)C)C(=O)N1CCCC1C(=O)NC(CC(C)C)C(N)=O)C(C)O. The van der Waals surface area contributed by atoms with Gasteiger partial charge in [-0.2, -0.15) is 0 Å². The molecule has 0 bridgehead atoms. The molecule has 7 aromatic rings. The highest BCUT2D eigenvalue weighted by atomic mass is 16.4. The van der Waals surface area contributed by atoms with Crippen LogP contribution in [0, 0.1) is 11.8 Å². The maximum Gasteiger partial charge on any atom is 0.303 e. The van der Waals surface area contributed by atoms with Crippen molar-refractivity contribution in [3.8, 4) is 11.5 Å². The minimum Gasteiger partial charge on any atom is -0.508 e. The number of hydrogen-bond donors (Lipinski definition) is 20. The van der Waals surface area contributed by atoms with Crippen molar-refractivity contribution in [2.75, 3.05) is 26.2 Å². The molecule has 41 nitrogen and oxygen atoms in total. The van der Waals surface area contributed by atoms with Gasteiger partial charge >= 0.3 is 5.97 Å². The first-order valence-corrected chi connectivity index (χ1v) is 45.8. The van der Waals surface area contributed by atoms with Crippen molar-refractivity contribution < 1.29 is 107 Å². The number of nitrogens with two attached hydrogens (primary N) is 2. The van der Waals surface area contributed by atoms with E-state index in [1.165, 1.54) is 74.2 Å². The van der Waals surface area contributed by atoms with Crippen molar-refractivity contribution in [3.63, 3.8) is 0 Å². The van der Waals surface area contributed by atoms with Crippen LogP contribution in [0.3, 0.4) is 0 Å². The maximum absolute atomic E-state index is 15.2. The van der Waals surface area contributed by atoms with E-state index >= 15 is 14.4 Å². The van der Waals surface area contributed by atoms with Crippen LogP contribution >= 0.6 is 0 Å². The van der Waals surface area contributed by atoms with E-state index < -0.39 is 229 Å². The Morgan fingerprint density at radius 1 is 0.401 bits per heavy atom. The van der Waals surface area contributed by atoms with Crippen LogP contribution in [-0.4, -0.2) is 268 Å². The van der Waals surface area contributed by atoms with Gasteiger partial charge in [0.15, 0.2) is 0 Å². The second-order valence-electron chi connectivity index (χ2n) is 35.8. The van der Waals surface area contributed by atoms with Gasteiger partial charge in [0.1, 0.15) is 96.1 Å². The minimum absolute atomic E-state index is 0.00337. The molecular weight excluding hydrogens is 1770 g/mol. The first-order valence-electron chi connectivity index (χ1n) is 45.8. The van der Waals surface area contributed by atoms with Gasteiger partial charge in [0.25, 0.3) is 0 Å². The number of carboxylic acid groups (broad SMARTS) is 1. The number of aliphatic carboxylic acids is 1. The molecule has 0 aliphatic carbocycles. The zero-order chi connectivity index (χ0) is 99.6. The number of carbonyl (C=O) groups excluding carboxylic acids is 17. The van der Waals surface area contributed by atoms with Gasteiger partial charge in [-0.3, -0.25) is 86.3 Å². The smallest absolute Gasteiger partial charge is 0.303 e. The number of carbonyl (C=O) groups is 18. The first-order chi connectivity index (χ1) is 65.2. The van der Waals surface area contributed by atoms with Crippen molar-refractivity contribution in [1.29, 1.82) is 0 Å². The van der Waals surface area contributed by atoms with Crippen LogP contribution in [0.5, 0.6) is 11.5 Å². The number of aromatic amines is 2. The van der Waals surface area contributed by atoms with Crippen LogP contribution in [-0.2, 0) is 118 Å². The molecule has 137 heavy (non-hydrogen) atoms. The van der Waals surface area contributed by atoms with Crippen LogP contribution in [0.4, 0.5) is 0 Å². The number of phenolic OH excluding ortho intramolecular Hbond substituents is 2. The number of para-hydroxylation sites is 2. The number of benzene rings is 5. The lowest BCUT2D eigenvalue weighted by molar-refractivity contribution is -0.151. The number of fused-ring (bicyclic) bond motifs is 2. The topological polar surface area (TPSA) is 626 Å². The van der Waals surface area contributed by atoms with Crippen LogP contribution < -0.4 is 75.3 Å². The van der Waals surface area contributed by atoms with Gasteiger partial charge in [-0.05, 0) is 148 Å². The van der Waals surface area contributed by atoms with E-state index in [0.29, 0.717) is 56.0 Å². The molecule has 5 aromatic carbocycles. The summed E-state index contributed by atoms with van der Waals surface area (Å²) in [7, 11) is 0. The fraction of sp³-hybridized carbons (Fsp3) is 0.458. The molecule has 0 spiro atoms. The third kappa shape index (κ3) is 29.6. The highest BCUT2D eigenvalue weighted by Gasteiger charge is 2.46. The lowest BCUT2D eigenvalue weighted by atomic mass is 9.97. The number of aromatic nitrogens is 2. The summed E-state index contributed by atoms with van der Waals surface area (Å²) in [4.78, 5) is 263. The summed E-state index contributed by atoms with van der Waals surface area (Å²) in [6.07, 6.45) is -0.484. The third-order valence-electron chi connectivity index (χ3n) is 24.2. The van der Waals surface area contributed by atoms with Gasteiger partial charge in [-0.25, -0.2) is 0 Å². The lowest BCUT2D eigenvalue weighted by Gasteiger charge is -2.42. The average molecular weight is 1900 g/mol. The second-order valence-corrected chi connectivity index (χ2v) is 35.8. The van der Waals surface area contributed by atoms with Crippen molar-refractivity contribution >= 4 is 128 Å². The molecule has 3 fully saturated rings. The van der Waals surface area contributed by atoms with Gasteiger partial charge in [0.05, 0.1) is 12.6 Å². The Labute approximate surface area is 790 Å². The molecule has 2 aromatic heterocycles. The summed E-state index contributed by atoms with van der Waals surface area (Å²) < 4.78 is 0. The van der Waals surface area contributed by atoms with Gasteiger partial charge < -0.3 is 120 Å². The number of hydrogen-bond acceptors (Lipinski definition) is 21. The Bertz CT molecular complexity index is 5530. The summed E-state index contributed by atoms with van der Waals surface area (Å²) in [6, 6.07) is 13.8. The van der Waals surface area contributed by atoms with Gasteiger partial charge in [-0.15, -0.1) is 0 Å². The van der Waals surface area contributed by atoms with Crippen molar-refractivity contribution in [3.05, 3.63) is 168 Å². The Balaban J connectivity index is 0.824. The highest BCUT2D eigenvalue weighted by Crippen LogP contribution is 2.28. The summed E-state index contributed by atoms with van der Waals surface area (Å²) in [5.41, 5.74) is 14.9. The molecule has 3 aliphatic rings. The largest absolute Gasteiger partial charge is 0.508 e. The number of primary amides is 2. The van der Waals surface area contributed by atoms with E-state index in [9.17, 15) is 92.3 Å². The number of rotatable bonds is 48. The molecule has 3 aliphatic heterocycles. The van der Waals surface area contributed by atoms with Crippen molar-refractivity contribution in [1.82, 2.24) is 88.5 Å². The molecule has 22 N–H and O–H groups in total. The first kappa shape index (κ1) is 104. The molecular formula is C96H123N19O22. The van der Waals surface area contributed by atoms with Crippen LogP contribution in [0.15, 0.2) is 140 Å². The quantitative estimate of drug-likeness (QED) is 0.0233. The lowest BCUT2D eigenvalue weighted by Crippen LogP contribution is -2.65. The standard InChI is InChI=1S/C96H123N19O22/c1-51(2)41-69(83(98)124)107-92(133)77-24-16-38-113(77)95(136)75(42-52(3)4)111-84(125)53(5)102-86(127)71(44-57-25-29-61(118)30-26-57)110-93(134)78-37-40-115(78)94(135)68(33-35-79(97)120)106-88(129)72(45-58-27-31-62(119)32-28-58)108-89(130)73(46-59-48-99-65-21-13-11-19-63(59)65)104-80(121)50-101-91(132)76-23-15-39-114(76)96(137)82(54(6)116)112-90(131)74(47-60-49-100-66-22-14-12-20-64(60)66)109-85(126)67(34-36-81(122)123)105-87(128)70(103-55(7)117)43-56-17-9-8-10-18-56/h8-14,17-22,25-32,48-49,51-54,67-78,82,99-100,116,118-119H,15-16,23-24,33-47,50H2,1-7H3,(H2,97,120)(H2,98,124)(H,101,132)(H,102,127)(H,103,117)(H,104,121)(H,105,128)(H,106,129)(H,107,133)(H,108,130)(H,109,126)(H,110,134)(H,111,125)(H,112,131)(H,122,123). The van der Waals surface area contributed by atoms with Gasteiger partial charge in [-0.1, -0.05) is 119 Å². The van der Waals surface area contributed by atoms with E-state index in [2.05, 4.69) is 73.8 Å². The minimum atomic E-state index is -1.81. The Hall–Kier alpha value is -14.8. The maximum atomic E-state index is 15.2. The molecule has 17 amide bonds. The molecule has 734 valence electrons. The van der Waals surface area contributed by atoms with Crippen LogP contribution in [0.25, 0.3) is 21.8 Å². The monoisotopic (exact) mass is 1890 g/mol. The van der Waals surface area contributed by atoms with E-state index in [-0.39, 0.29) is 114 Å². The van der Waals surface area contributed by atoms with E-state index in [4.69, 9.17) is 11.5 Å². The summed E-state index contributed by atoms with van der Waals surface area (Å²) in [6.45, 7) is 10.2.